The largest absolute Gasteiger partial charge is 0.493 e. The third-order valence-corrected chi connectivity index (χ3v) is 5.76. The van der Waals surface area contributed by atoms with Gasteiger partial charge in [-0.1, -0.05) is 0 Å². The molecule has 3 rings (SSSR count). The van der Waals surface area contributed by atoms with Gasteiger partial charge in [-0.25, -0.2) is 8.78 Å². The van der Waals surface area contributed by atoms with Crippen LogP contribution < -0.4 is 19.5 Å². The summed E-state index contributed by atoms with van der Waals surface area (Å²) in [4.78, 5) is 27.1. The summed E-state index contributed by atoms with van der Waals surface area (Å²) >= 11 is 0. The monoisotopic (exact) mass is 462 g/mol. The van der Waals surface area contributed by atoms with Gasteiger partial charge in [0, 0.05) is 36.7 Å². The molecule has 1 fully saturated rings. The number of methoxy groups -OCH3 is 3. The van der Waals surface area contributed by atoms with Crippen molar-refractivity contribution in [1.29, 1.82) is 0 Å². The molecule has 1 heterocycles. The van der Waals surface area contributed by atoms with E-state index in [9.17, 15) is 18.4 Å². The minimum absolute atomic E-state index is 0.177. The Morgan fingerprint density at radius 1 is 1.00 bits per heavy atom. The third kappa shape index (κ3) is 5.98. The van der Waals surface area contributed by atoms with Crippen molar-refractivity contribution >= 4 is 17.4 Å². The van der Waals surface area contributed by atoms with Gasteiger partial charge in [0.1, 0.15) is 11.6 Å². The minimum Gasteiger partial charge on any atom is -0.493 e. The number of Topliss-reactive ketones (excluding diaryl/α,β-unsaturated/α-hetero) is 1. The smallest absolute Gasteiger partial charge is 0.225 e. The number of rotatable bonds is 9. The normalized spacial score (nSPS) is 14.6. The van der Waals surface area contributed by atoms with Crippen LogP contribution in [0.4, 0.5) is 14.5 Å². The Labute approximate surface area is 191 Å². The Bertz CT molecular complexity index is 981. The van der Waals surface area contributed by atoms with Crippen molar-refractivity contribution in [3.8, 4) is 17.2 Å². The highest BCUT2D eigenvalue weighted by Crippen LogP contribution is 2.40. The summed E-state index contributed by atoms with van der Waals surface area (Å²) in [5.41, 5.74) is 0.328. The molecule has 33 heavy (non-hydrogen) atoms. The average Bonchev–Trinajstić information content (AvgIpc) is 2.83. The van der Waals surface area contributed by atoms with Gasteiger partial charge in [-0.15, -0.1) is 0 Å². The summed E-state index contributed by atoms with van der Waals surface area (Å²) in [5.74, 6) is -0.917. The molecule has 178 valence electrons. The van der Waals surface area contributed by atoms with E-state index >= 15 is 0 Å². The maximum atomic E-state index is 13.9. The fraction of sp³-hybridized carbons (Fsp3) is 0.417. The molecular formula is C24H28F2N2O5. The molecular weight excluding hydrogens is 434 g/mol. The van der Waals surface area contributed by atoms with Gasteiger partial charge >= 0.3 is 0 Å². The number of amides is 1. The number of hydrogen-bond acceptors (Lipinski definition) is 6. The molecule has 0 unspecified atom stereocenters. The summed E-state index contributed by atoms with van der Waals surface area (Å²) in [7, 11) is 4.50. The Morgan fingerprint density at radius 3 is 2.21 bits per heavy atom. The molecule has 0 bridgehead atoms. The highest BCUT2D eigenvalue weighted by molar-refractivity contribution is 5.98. The number of nitrogens with zero attached hydrogens (tertiary/aromatic N) is 1. The maximum absolute atomic E-state index is 13.9. The molecule has 9 heteroatoms. The van der Waals surface area contributed by atoms with Crippen molar-refractivity contribution in [2.45, 2.75) is 19.3 Å². The molecule has 0 atom stereocenters. The average molecular weight is 462 g/mol. The molecule has 2 aromatic carbocycles. The molecule has 1 amide bonds. The summed E-state index contributed by atoms with van der Waals surface area (Å²) in [6.07, 6.45) is 1.32. The molecule has 0 saturated carbocycles. The van der Waals surface area contributed by atoms with Gasteiger partial charge in [0.25, 0.3) is 0 Å². The maximum Gasteiger partial charge on any atom is 0.225 e. The molecule has 1 saturated heterocycles. The van der Waals surface area contributed by atoms with E-state index in [0.29, 0.717) is 55.4 Å². The second-order valence-corrected chi connectivity index (χ2v) is 7.82. The Balaban J connectivity index is 1.50. The van der Waals surface area contributed by atoms with Crippen LogP contribution in [0.3, 0.4) is 0 Å². The lowest BCUT2D eigenvalue weighted by Gasteiger charge is -2.31. The van der Waals surface area contributed by atoms with Gasteiger partial charge in [-0.05, 0) is 44.1 Å². The third-order valence-electron chi connectivity index (χ3n) is 5.76. The number of carbonyl (C=O) groups is 2. The summed E-state index contributed by atoms with van der Waals surface area (Å²) < 4.78 is 43.2. The fourth-order valence-electron chi connectivity index (χ4n) is 3.96. The number of ketones is 1. The summed E-state index contributed by atoms with van der Waals surface area (Å²) in [6.45, 7) is 1.72. The number of halogens is 2. The Morgan fingerprint density at radius 2 is 1.64 bits per heavy atom. The number of ether oxygens (including phenoxy) is 3. The Kier molecular flexibility index (Phi) is 8.21. The van der Waals surface area contributed by atoms with Crippen LogP contribution in [0.1, 0.15) is 29.6 Å². The molecule has 0 aromatic heterocycles. The number of carbonyl (C=O) groups excluding carboxylic acids is 2. The number of likely N-dealkylation sites (tertiary alicyclic amines) is 1. The lowest BCUT2D eigenvalue weighted by Crippen LogP contribution is -2.38. The van der Waals surface area contributed by atoms with E-state index in [1.165, 1.54) is 21.3 Å². The lowest BCUT2D eigenvalue weighted by atomic mass is 9.88. The van der Waals surface area contributed by atoms with Gasteiger partial charge in [-0.3, -0.25) is 9.59 Å². The lowest BCUT2D eigenvalue weighted by molar-refractivity contribution is -0.116. The number of benzene rings is 2. The number of piperidine rings is 1. The van der Waals surface area contributed by atoms with Crippen LogP contribution >= 0.6 is 0 Å². The zero-order valence-corrected chi connectivity index (χ0v) is 19.0. The van der Waals surface area contributed by atoms with Gasteiger partial charge in [0.05, 0.1) is 26.9 Å². The van der Waals surface area contributed by atoms with Crippen molar-refractivity contribution < 1.29 is 32.6 Å². The predicted molar refractivity (Wildman–Crippen MR) is 119 cm³/mol. The van der Waals surface area contributed by atoms with Crippen LogP contribution in [0, 0.1) is 17.6 Å². The van der Waals surface area contributed by atoms with Crippen molar-refractivity contribution in [1.82, 2.24) is 4.90 Å². The molecule has 2 aromatic rings. The van der Waals surface area contributed by atoms with E-state index in [2.05, 4.69) is 10.2 Å². The zero-order chi connectivity index (χ0) is 24.0. The molecule has 0 aliphatic carbocycles. The van der Waals surface area contributed by atoms with Crippen molar-refractivity contribution in [2.75, 3.05) is 46.3 Å². The van der Waals surface area contributed by atoms with Crippen molar-refractivity contribution in [3.05, 3.63) is 47.5 Å². The number of hydrogen-bond donors (Lipinski definition) is 1. The molecule has 7 nitrogen and oxygen atoms in total. The fourth-order valence-corrected chi connectivity index (χ4v) is 3.96. The standard InChI is InChI=1S/C24H28F2N2O5/c1-31-20-13-17(14-21(32-2)24(20)33-3)27-22(29)8-11-28-9-6-15(7-10-28)23(30)18-12-16(25)4-5-19(18)26/h4-5,12-15H,6-11H2,1-3H3,(H,27,29). The molecule has 0 radical (unpaired) electrons. The second-order valence-electron chi connectivity index (χ2n) is 7.82. The van der Waals surface area contributed by atoms with Crippen LogP contribution in [0.15, 0.2) is 30.3 Å². The van der Waals surface area contributed by atoms with E-state index in [4.69, 9.17) is 14.2 Å². The van der Waals surface area contributed by atoms with Crippen LogP contribution in [-0.4, -0.2) is 57.6 Å². The van der Waals surface area contributed by atoms with Gasteiger partial charge in [0.2, 0.25) is 11.7 Å². The van der Waals surface area contributed by atoms with Crippen LogP contribution in [0.5, 0.6) is 17.2 Å². The van der Waals surface area contributed by atoms with Gasteiger partial charge in [0.15, 0.2) is 17.3 Å². The first-order valence-corrected chi connectivity index (χ1v) is 10.7. The first kappa shape index (κ1) is 24.4. The van der Waals surface area contributed by atoms with E-state index in [0.717, 1.165) is 18.2 Å². The van der Waals surface area contributed by atoms with E-state index in [1.807, 2.05) is 0 Å². The Hall–Kier alpha value is -3.20. The SMILES string of the molecule is COc1cc(NC(=O)CCN2CCC(C(=O)c3cc(F)ccc3F)CC2)cc(OC)c1OC. The minimum atomic E-state index is -0.702. The van der Waals surface area contributed by atoms with Crippen molar-refractivity contribution in [2.24, 2.45) is 5.92 Å². The topological polar surface area (TPSA) is 77.1 Å². The quantitative estimate of drug-likeness (QED) is 0.570. The summed E-state index contributed by atoms with van der Waals surface area (Å²) in [6, 6.07) is 6.24. The zero-order valence-electron chi connectivity index (χ0n) is 19.0. The van der Waals surface area contributed by atoms with E-state index in [-0.39, 0.29) is 29.6 Å². The van der Waals surface area contributed by atoms with Crippen molar-refractivity contribution in [3.63, 3.8) is 0 Å². The van der Waals surface area contributed by atoms with Crippen LogP contribution in [0.25, 0.3) is 0 Å². The van der Waals surface area contributed by atoms with Gasteiger partial charge < -0.3 is 24.4 Å². The molecule has 1 aliphatic heterocycles. The highest BCUT2D eigenvalue weighted by atomic mass is 19.1. The number of nitrogens with one attached hydrogen (secondary N) is 1. The van der Waals surface area contributed by atoms with Crippen LogP contribution in [-0.2, 0) is 4.79 Å². The van der Waals surface area contributed by atoms with E-state index in [1.54, 1.807) is 12.1 Å². The number of anilines is 1. The summed E-state index contributed by atoms with van der Waals surface area (Å²) in [5, 5.41) is 2.83. The predicted octanol–water partition coefficient (Wildman–Crippen LogP) is 3.91. The molecule has 1 N–H and O–H groups in total. The highest BCUT2D eigenvalue weighted by Gasteiger charge is 2.28. The van der Waals surface area contributed by atoms with Gasteiger partial charge in [-0.2, -0.15) is 0 Å². The van der Waals surface area contributed by atoms with E-state index < -0.39 is 11.6 Å². The molecule has 1 aliphatic rings. The molecule has 0 spiro atoms. The second kappa shape index (κ2) is 11.1. The first-order chi connectivity index (χ1) is 15.9. The van der Waals surface area contributed by atoms with Crippen LogP contribution in [0.2, 0.25) is 0 Å². The first-order valence-electron chi connectivity index (χ1n) is 10.7.